The first-order valence-electron chi connectivity index (χ1n) is 8.38. The summed E-state index contributed by atoms with van der Waals surface area (Å²) in [4.78, 5) is 24.3. The Balaban J connectivity index is 1.76. The number of ether oxygens (including phenoxy) is 2. The Kier molecular flexibility index (Phi) is 4.39. The van der Waals surface area contributed by atoms with Crippen molar-refractivity contribution in [1.82, 2.24) is 5.32 Å². The van der Waals surface area contributed by atoms with Crippen LogP contribution in [-0.2, 0) is 9.59 Å². The maximum Gasteiger partial charge on any atom is 0.308 e. The molecule has 1 aromatic rings. The largest absolute Gasteiger partial charge is 0.482 e. The number of hydrogen-bond donors (Lipinski definition) is 2. The van der Waals surface area contributed by atoms with Gasteiger partial charge in [0.05, 0.1) is 11.5 Å². The highest BCUT2D eigenvalue weighted by Crippen LogP contribution is 2.36. The van der Waals surface area contributed by atoms with E-state index in [0.29, 0.717) is 24.3 Å². The summed E-state index contributed by atoms with van der Waals surface area (Å²) in [6, 6.07) is 7.21. The highest BCUT2D eigenvalue weighted by atomic mass is 16.6. The lowest BCUT2D eigenvalue weighted by atomic mass is 9.73. The van der Waals surface area contributed by atoms with Gasteiger partial charge in [0, 0.05) is 0 Å². The molecule has 3 rings (SSSR count). The molecular weight excluding hydrogens is 310 g/mol. The Morgan fingerprint density at radius 1 is 1.21 bits per heavy atom. The summed E-state index contributed by atoms with van der Waals surface area (Å²) in [6.45, 7) is 3.59. The molecule has 0 radical (unpaired) electrons. The number of fused-ring (bicyclic) bond motifs is 1. The maximum absolute atomic E-state index is 12.8. The van der Waals surface area contributed by atoms with Crippen molar-refractivity contribution in [2.45, 2.75) is 57.3 Å². The van der Waals surface area contributed by atoms with E-state index in [0.717, 1.165) is 12.8 Å². The first-order valence-corrected chi connectivity index (χ1v) is 8.38. The van der Waals surface area contributed by atoms with Crippen LogP contribution >= 0.6 is 0 Å². The molecule has 2 aliphatic rings. The van der Waals surface area contributed by atoms with Gasteiger partial charge in [-0.1, -0.05) is 25.0 Å². The number of carbonyl (C=O) groups excluding carboxylic acids is 1. The number of carbonyl (C=O) groups is 2. The Morgan fingerprint density at radius 2 is 1.88 bits per heavy atom. The molecule has 0 aromatic heterocycles. The number of rotatable bonds is 3. The van der Waals surface area contributed by atoms with Crippen molar-refractivity contribution in [2.24, 2.45) is 5.92 Å². The van der Waals surface area contributed by atoms with Crippen molar-refractivity contribution in [2.75, 3.05) is 0 Å². The minimum absolute atomic E-state index is 0.326. The van der Waals surface area contributed by atoms with Crippen molar-refractivity contribution in [1.29, 1.82) is 0 Å². The topological polar surface area (TPSA) is 84.9 Å². The zero-order valence-electron chi connectivity index (χ0n) is 14.0. The third kappa shape index (κ3) is 3.05. The second kappa shape index (κ2) is 6.34. The Morgan fingerprint density at radius 3 is 2.54 bits per heavy atom. The molecule has 130 valence electrons. The van der Waals surface area contributed by atoms with Crippen molar-refractivity contribution >= 4 is 11.9 Å². The number of benzene rings is 1. The number of carboxylic acids is 1. The second-order valence-corrected chi connectivity index (χ2v) is 6.85. The summed E-state index contributed by atoms with van der Waals surface area (Å²) >= 11 is 0. The van der Waals surface area contributed by atoms with Crippen LogP contribution in [0.3, 0.4) is 0 Å². The molecule has 0 unspecified atom stereocenters. The third-order valence-electron chi connectivity index (χ3n) is 5.02. The summed E-state index contributed by atoms with van der Waals surface area (Å²) in [7, 11) is 0. The van der Waals surface area contributed by atoms with Gasteiger partial charge in [0.15, 0.2) is 11.5 Å². The standard InChI is InChI=1S/C18H23NO5/c1-11-15(24-14-9-4-3-8-13(14)23-11)16(20)19-18(2)10-6-5-7-12(18)17(21)22/h3-4,8-9,11-12,15H,5-7,10H2,1-2H3,(H,19,20)(H,21,22)/t11-,12+,15-,18-/m0/s1. The van der Waals surface area contributed by atoms with E-state index in [1.54, 1.807) is 19.1 Å². The van der Waals surface area contributed by atoms with E-state index in [-0.39, 0.29) is 5.91 Å². The van der Waals surface area contributed by atoms with Gasteiger partial charge in [-0.3, -0.25) is 9.59 Å². The average molecular weight is 333 g/mol. The predicted octanol–water partition coefficient (Wildman–Crippen LogP) is 2.36. The summed E-state index contributed by atoms with van der Waals surface area (Å²) in [6.07, 6.45) is 1.75. The van der Waals surface area contributed by atoms with E-state index in [2.05, 4.69) is 5.32 Å². The van der Waals surface area contributed by atoms with E-state index in [1.807, 2.05) is 19.1 Å². The van der Waals surface area contributed by atoms with Gasteiger partial charge >= 0.3 is 5.97 Å². The lowest BCUT2D eigenvalue weighted by Crippen LogP contribution is -2.60. The molecule has 1 heterocycles. The predicted molar refractivity (Wildman–Crippen MR) is 87.1 cm³/mol. The minimum Gasteiger partial charge on any atom is -0.482 e. The van der Waals surface area contributed by atoms with Crippen LogP contribution in [0.15, 0.2) is 24.3 Å². The molecule has 1 saturated carbocycles. The monoisotopic (exact) mass is 333 g/mol. The molecule has 1 aliphatic carbocycles. The highest BCUT2D eigenvalue weighted by molar-refractivity contribution is 5.84. The van der Waals surface area contributed by atoms with Crippen molar-refractivity contribution in [3.05, 3.63) is 24.3 Å². The molecule has 1 aromatic carbocycles. The van der Waals surface area contributed by atoms with Gasteiger partial charge < -0.3 is 19.9 Å². The van der Waals surface area contributed by atoms with Crippen LogP contribution in [0.25, 0.3) is 0 Å². The minimum atomic E-state index is -0.864. The first kappa shape index (κ1) is 16.6. The quantitative estimate of drug-likeness (QED) is 0.887. The molecular formula is C18H23NO5. The molecule has 6 heteroatoms. The molecule has 0 bridgehead atoms. The van der Waals surface area contributed by atoms with E-state index in [4.69, 9.17) is 9.47 Å². The normalized spacial score (nSPS) is 32.0. The molecule has 6 nitrogen and oxygen atoms in total. The molecule has 2 N–H and O–H groups in total. The van der Waals surface area contributed by atoms with Crippen LogP contribution in [0.2, 0.25) is 0 Å². The van der Waals surface area contributed by atoms with Crippen LogP contribution in [0, 0.1) is 5.92 Å². The number of hydrogen-bond acceptors (Lipinski definition) is 4. The second-order valence-electron chi connectivity index (χ2n) is 6.85. The van der Waals surface area contributed by atoms with Crippen LogP contribution < -0.4 is 14.8 Å². The van der Waals surface area contributed by atoms with Crippen LogP contribution in [0.1, 0.15) is 39.5 Å². The Bertz CT molecular complexity index is 646. The fourth-order valence-electron chi connectivity index (χ4n) is 3.64. The summed E-state index contributed by atoms with van der Waals surface area (Å²) in [5.74, 6) is -0.632. The smallest absolute Gasteiger partial charge is 0.308 e. The van der Waals surface area contributed by atoms with Gasteiger partial charge in [0.25, 0.3) is 5.91 Å². The number of carboxylic acid groups (broad SMARTS) is 1. The van der Waals surface area contributed by atoms with E-state index < -0.39 is 29.6 Å². The molecule has 1 fully saturated rings. The summed E-state index contributed by atoms with van der Waals surface area (Å²) < 4.78 is 11.6. The molecule has 24 heavy (non-hydrogen) atoms. The number of amides is 1. The summed E-state index contributed by atoms with van der Waals surface area (Å²) in [5, 5.41) is 12.4. The van der Waals surface area contributed by atoms with Crippen LogP contribution in [0.5, 0.6) is 11.5 Å². The van der Waals surface area contributed by atoms with Gasteiger partial charge in [-0.2, -0.15) is 0 Å². The van der Waals surface area contributed by atoms with E-state index in [9.17, 15) is 14.7 Å². The number of aliphatic carboxylic acids is 1. The van der Waals surface area contributed by atoms with Crippen LogP contribution in [-0.4, -0.2) is 34.7 Å². The molecule has 0 saturated heterocycles. The molecule has 1 aliphatic heterocycles. The fourth-order valence-corrected chi connectivity index (χ4v) is 3.64. The third-order valence-corrected chi connectivity index (χ3v) is 5.02. The lowest BCUT2D eigenvalue weighted by Gasteiger charge is -2.41. The van der Waals surface area contributed by atoms with Crippen molar-refractivity contribution in [3.63, 3.8) is 0 Å². The van der Waals surface area contributed by atoms with E-state index in [1.165, 1.54) is 0 Å². The van der Waals surface area contributed by atoms with Gasteiger partial charge in [-0.25, -0.2) is 0 Å². The fraction of sp³-hybridized carbons (Fsp3) is 0.556. The van der Waals surface area contributed by atoms with Gasteiger partial charge in [-0.05, 0) is 38.8 Å². The Labute approximate surface area is 141 Å². The molecule has 4 atom stereocenters. The van der Waals surface area contributed by atoms with Gasteiger partial charge in [0.1, 0.15) is 6.10 Å². The van der Waals surface area contributed by atoms with Gasteiger partial charge in [-0.15, -0.1) is 0 Å². The number of para-hydroxylation sites is 2. The van der Waals surface area contributed by atoms with Gasteiger partial charge in [0.2, 0.25) is 6.10 Å². The lowest BCUT2D eigenvalue weighted by molar-refractivity contribution is -0.148. The SMILES string of the molecule is C[C@@H]1Oc2ccccc2O[C@@H]1C(=O)N[C@@]1(C)CCCC[C@@H]1C(=O)O. The van der Waals surface area contributed by atoms with Crippen molar-refractivity contribution < 1.29 is 24.2 Å². The number of nitrogens with one attached hydrogen (secondary N) is 1. The molecule has 0 spiro atoms. The van der Waals surface area contributed by atoms with E-state index >= 15 is 0 Å². The maximum atomic E-state index is 12.8. The summed E-state index contributed by atoms with van der Waals surface area (Å²) in [5.41, 5.74) is -0.763. The first-order chi connectivity index (χ1) is 11.4. The highest BCUT2D eigenvalue weighted by Gasteiger charge is 2.45. The zero-order valence-corrected chi connectivity index (χ0v) is 14.0. The van der Waals surface area contributed by atoms with Crippen molar-refractivity contribution in [3.8, 4) is 11.5 Å². The zero-order chi connectivity index (χ0) is 17.3. The van der Waals surface area contributed by atoms with Crippen LogP contribution in [0.4, 0.5) is 0 Å². The average Bonchev–Trinajstić information content (AvgIpc) is 2.53. The Hall–Kier alpha value is -2.24. The molecule has 1 amide bonds.